The molecule has 104 valence electrons. The van der Waals surface area contributed by atoms with Crippen LogP contribution in [-0.4, -0.2) is 25.5 Å². The Kier molecular flexibility index (Phi) is 3.20. The molecule has 3 aromatic rings. The predicted molar refractivity (Wildman–Crippen MR) is 83.0 cm³/mol. The third-order valence-corrected chi connectivity index (χ3v) is 4.87. The number of hydrogen-bond donors (Lipinski definition) is 0. The average Bonchev–Trinajstić information content (AvgIpc) is 3.14. The molecule has 5 heteroatoms. The molecule has 21 heavy (non-hydrogen) atoms. The molecule has 1 aliphatic rings. The smallest absolute Gasteiger partial charge is 0.163 e. The highest BCUT2D eigenvalue weighted by atomic mass is 32.2. The Morgan fingerprint density at radius 2 is 1.86 bits per heavy atom. The monoisotopic (exact) mass is 294 g/mol. The van der Waals surface area contributed by atoms with Crippen LogP contribution in [0.15, 0.2) is 59.5 Å². The van der Waals surface area contributed by atoms with E-state index in [-0.39, 0.29) is 0 Å². The first-order chi connectivity index (χ1) is 10.4. The molecule has 2 aromatic carbocycles. The molecule has 0 aliphatic carbocycles. The molecule has 1 aromatic heterocycles. The second-order valence-corrected chi connectivity index (χ2v) is 6.43. The van der Waals surface area contributed by atoms with Crippen LogP contribution in [0.25, 0.3) is 11.4 Å². The molecule has 0 radical (unpaired) electrons. The van der Waals surface area contributed by atoms with Gasteiger partial charge in [-0.2, -0.15) is 4.80 Å². The van der Waals surface area contributed by atoms with Crippen LogP contribution in [0.5, 0.6) is 0 Å². The molecule has 1 unspecified atom stereocenters. The van der Waals surface area contributed by atoms with Crippen LogP contribution in [0, 0.1) is 0 Å². The van der Waals surface area contributed by atoms with Gasteiger partial charge in [-0.15, -0.1) is 22.0 Å². The molecule has 1 atom stereocenters. The first-order valence-electron chi connectivity index (χ1n) is 6.96. The fourth-order valence-electron chi connectivity index (χ4n) is 2.56. The van der Waals surface area contributed by atoms with Gasteiger partial charge >= 0.3 is 0 Å². The van der Waals surface area contributed by atoms with Crippen molar-refractivity contribution >= 4 is 11.8 Å². The summed E-state index contributed by atoms with van der Waals surface area (Å²) in [6.45, 7) is 0.791. The fraction of sp³-hybridized carbons (Fsp3) is 0.188. The fourth-order valence-corrected chi connectivity index (χ4v) is 3.85. The van der Waals surface area contributed by atoms with Gasteiger partial charge in [0.2, 0.25) is 5.82 Å². The molecule has 0 saturated heterocycles. The molecule has 4 rings (SSSR count). The lowest BCUT2D eigenvalue weighted by atomic mass is 10.1. The lowest BCUT2D eigenvalue weighted by molar-refractivity contribution is 0.511. The normalized spacial score (nSPS) is 16.9. The Labute approximate surface area is 127 Å². The maximum absolute atomic E-state index is 4.49. The minimum Gasteiger partial charge on any atom is -0.163 e. The van der Waals surface area contributed by atoms with Gasteiger partial charge in [0, 0.05) is 15.7 Å². The van der Waals surface area contributed by atoms with Gasteiger partial charge in [0.1, 0.15) is 0 Å². The van der Waals surface area contributed by atoms with Crippen molar-refractivity contribution in [3.05, 3.63) is 60.2 Å². The van der Waals surface area contributed by atoms with E-state index in [9.17, 15) is 0 Å². The van der Waals surface area contributed by atoms with E-state index >= 15 is 0 Å². The molecule has 0 fully saturated rings. The first kappa shape index (κ1) is 12.6. The average molecular weight is 294 g/mol. The molecule has 0 bridgehead atoms. The van der Waals surface area contributed by atoms with E-state index < -0.39 is 0 Å². The Morgan fingerprint density at radius 1 is 1.05 bits per heavy atom. The lowest BCUT2D eigenvalue weighted by Crippen LogP contribution is -2.14. The van der Waals surface area contributed by atoms with Gasteiger partial charge < -0.3 is 0 Å². The summed E-state index contributed by atoms with van der Waals surface area (Å²) >= 11 is 1.91. The maximum atomic E-state index is 4.49. The number of benzene rings is 2. The highest BCUT2D eigenvalue weighted by molar-refractivity contribution is 8.00. The van der Waals surface area contributed by atoms with Crippen molar-refractivity contribution in [3.63, 3.8) is 0 Å². The van der Waals surface area contributed by atoms with E-state index in [1.54, 1.807) is 4.80 Å². The van der Waals surface area contributed by atoms with Crippen molar-refractivity contribution in [2.24, 2.45) is 0 Å². The SMILES string of the molecule is c1ccc(-c2nnn(CC3Cc4ccccc4S3)n2)cc1. The van der Waals surface area contributed by atoms with Crippen LogP contribution in [-0.2, 0) is 13.0 Å². The van der Waals surface area contributed by atoms with E-state index in [1.807, 2.05) is 42.1 Å². The van der Waals surface area contributed by atoms with Gasteiger partial charge in [-0.05, 0) is 23.3 Å². The highest BCUT2D eigenvalue weighted by Crippen LogP contribution is 2.37. The van der Waals surface area contributed by atoms with Crippen molar-refractivity contribution in [3.8, 4) is 11.4 Å². The third kappa shape index (κ3) is 2.56. The van der Waals surface area contributed by atoms with Crippen molar-refractivity contribution in [1.82, 2.24) is 20.2 Å². The van der Waals surface area contributed by atoms with Crippen LogP contribution >= 0.6 is 11.8 Å². The first-order valence-corrected chi connectivity index (χ1v) is 7.84. The molecule has 4 nitrogen and oxygen atoms in total. The minimum absolute atomic E-state index is 0.486. The van der Waals surface area contributed by atoms with E-state index in [0.29, 0.717) is 11.1 Å². The minimum atomic E-state index is 0.486. The van der Waals surface area contributed by atoms with Crippen molar-refractivity contribution in [1.29, 1.82) is 0 Å². The number of nitrogens with zero attached hydrogens (tertiary/aromatic N) is 4. The number of hydrogen-bond acceptors (Lipinski definition) is 4. The zero-order chi connectivity index (χ0) is 14.1. The van der Waals surface area contributed by atoms with Gasteiger partial charge in [0.05, 0.1) is 6.54 Å². The van der Waals surface area contributed by atoms with Crippen LogP contribution < -0.4 is 0 Å². The molecule has 1 aliphatic heterocycles. The van der Waals surface area contributed by atoms with Crippen LogP contribution in [0.2, 0.25) is 0 Å². The molecular formula is C16H14N4S. The predicted octanol–water partition coefficient (Wildman–Crippen LogP) is 3.06. The number of tetrazole rings is 1. The lowest BCUT2D eigenvalue weighted by Gasteiger charge is -2.05. The summed E-state index contributed by atoms with van der Waals surface area (Å²) < 4.78 is 0. The molecule has 0 spiro atoms. The van der Waals surface area contributed by atoms with Crippen LogP contribution in [0.4, 0.5) is 0 Å². The highest BCUT2D eigenvalue weighted by Gasteiger charge is 2.23. The molecule has 0 amide bonds. The van der Waals surface area contributed by atoms with Gasteiger partial charge in [-0.1, -0.05) is 48.5 Å². The van der Waals surface area contributed by atoms with Gasteiger partial charge in [-0.25, -0.2) is 0 Å². The summed E-state index contributed by atoms with van der Waals surface area (Å²) in [6.07, 6.45) is 1.07. The van der Waals surface area contributed by atoms with Crippen molar-refractivity contribution in [2.75, 3.05) is 0 Å². The summed E-state index contributed by atoms with van der Waals surface area (Å²) in [4.78, 5) is 3.09. The molecule has 2 heterocycles. The summed E-state index contributed by atoms with van der Waals surface area (Å²) in [6, 6.07) is 18.5. The Bertz CT molecular complexity index is 729. The summed E-state index contributed by atoms with van der Waals surface area (Å²) in [7, 11) is 0. The van der Waals surface area contributed by atoms with Gasteiger partial charge in [0.15, 0.2) is 0 Å². The molecule has 0 N–H and O–H groups in total. The summed E-state index contributed by atoms with van der Waals surface area (Å²) in [5.41, 5.74) is 2.43. The Morgan fingerprint density at radius 3 is 2.71 bits per heavy atom. The number of thioether (sulfide) groups is 1. The van der Waals surface area contributed by atoms with E-state index in [4.69, 9.17) is 0 Å². The van der Waals surface area contributed by atoms with E-state index in [2.05, 4.69) is 39.7 Å². The Hall–Kier alpha value is -2.14. The summed E-state index contributed by atoms with van der Waals surface area (Å²) in [5.74, 6) is 0.691. The quantitative estimate of drug-likeness (QED) is 0.744. The zero-order valence-corrected chi connectivity index (χ0v) is 12.2. The van der Waals surface area contributed by atoms with Gasteiger partial charge in [-0.3, -0.25) is 0 Å². The van der Waals surface area contributed by atoms with Crippen LogP contribution in [0.3, 0.4) is 0 Å². The molecule has 0 saturated carbocycles. The van der Waals surface area contributed by atoms with E-state index in [1.165, 1.54) is 10.5 Å². The largest absolute Gasteiger partial charge is 0.204 e. The van der Waals surface area contributed by atoms with E-state index in [0.717, 1.165) is 18.5 Å². The Balaban J connectivity index is 1.49. The van der Waals surface area contributed by atoms with Gasteiger partial charge in [0.25, 0.3) is 0 Å². The van der Waals surface area contributed by atoms with Crippen LogP contribution in [0.1, 0.15) is 5.56 Å². The van der Waals surface area contributed by atoms with Crippen molar-refractivity contribution in [2.45, 2.75) is 23.1 Å². The standard InChI is InChI=1S/C16H14N4S/c1-2-6-12(7-3-1)16-17-19-20(18-16)11-14-10-13-8-4-5-9-15(13)21-14/h1-9,14H,10-11H2. The number of fused-ring (bicyclic) bond motifs is 1. The summed E-state index contributed by atoms with van der Waals surface area (Å²) in [5, 5.41) is 13.3. The topological polar surface area (TPSA) is 43.6 Å². The number of rotatable bonds is 3. The second kappa shape index (κ2) is 5.33. The maximum Gasteiger partial charge on any atom is 0.204 e. The molecular weight excluding hydrogens is 280 g/mol. The third-order valence-electron chi connectivity index (χ3n) is 3.57. The zero-order valence-electron chi connectivity index (χ0n) is 11.4. The second-order valence-electron chi connectivity index (χ2n) is 5.09. The number of aromatic nitrogens is 4. The van der Waals surface area contributed by atoms with Crippen molar-refractivity contribution < 1.29 is 0 Å².